The van der Waals surface area contributed by atoms with Gasteiger partial charge < -0.3 is 15.2 Å². The molecule has 0 saturated carbocycles. The van der Waals surface area contributed by atoms with E-state index in [4.69, 9.17) is 5.11 Å². The van der Waals surface area contributed by atoms with Crippen molar-refractivity contribution in [3.05, 3.63) is 47.2 Å². The van der Waals surface area contributed by atoms with Crippen LogP contribution in [-0.4, -0.2) is 44.4 Å². The molecule has 112 valence electrons. The number of hydrogen-bond acceptors (Lipinski definition) is 7. The summed E-state index contributed by atoms with van der Waals surface area (Å²) in [7, 11) is 1.30. The molecule has 1 aliphatic rings. The Bertz CT molecular complexity index is 765. The van der Waals surface area contributed by atoms with E-state index in [1.165, 1.54) is 17.9 Å². The minimum Gasteiger partial charge on any atom is -0.477 e. The van der Waals surface area contributed by atoms with Crippen LogP contribution in [0.2, 0.25) is 0 Å². The summed E-state index contributed by atoms with van der Waals surface area (Å²) >= 11 is 0. The van der Waals surface area contributed by atoms with Crippen molar-refractivity contribution in [2.75, 3.05) is 12.4 Å². The number of esters is 1. The maximum atomic E-state index is 11.4. The molecule has 9 heteroatoms. The standard InChI is InChI=1S/C13H11N5O4/c1-22-12(21)8-4-2-7(3-5-8)10-6-9(11(19)20)14-13-15-16-17-18(10)13/h2-6,10H,1H3,(H,19,20)(H,14,15,17)/t10-/m1/s1. The Kier molecular flexibility index (Phi) is 3.30. The summed E-state index contributed by atoms with van der Waals surface area (Å²) in [5, 5.41) is 22.9. The molecule has 0 saturated heterocycles. The number of methoxy groups -OCH3 is 1. The fourth-order valence-electron chi connectivity index (χ4n) is 2.15. The first-order chi connectivity index (χ1) is 10.6. The van der Waals surface area contributed by atoms with Crippen LogP contribution in [0.25, 0.3) is 0 Å². The minimum absolute atomic E-state index is 0.00987. The molecule has 2 N–H and O–H groups in total. The van der Waals surface area contributed by atoms with Gasteiger partial charge in [0, 0.05) is 0 Å². The predicted molar refractivity (Wildman–Crippen MR) is 73.1 cm³/mol. The molecule has 22 heavy (non-hydrogen) atoms. The van der Waals surface area contributed by atoms with Gasteiger partial charge in [-0.15, -0.1) is 0 Å². The molecule has 1 aromatic carbocycles. The first kappa shape index (κ1) is 13.7. The second kappa shape index (κ2) is 5.28. The maximum Gasteiger partial charge on any atom is 0.352 e. The van der Waals surface area contributed by atoms with Gasteiger partial charge in [0.25, 0.3) is 0 Å². The van der Waals surface area contributed by atoms with Crippen molar-refractivity contribution in [3.63, 3.8) is 0 Å². The number of rotatable bonds is 3. The summed E-state index contributed by atoms with van der Waals surface area (Å²) in [6, 6.07) is 6.11. The van der Waals surface area contributed by atoms with Crippen molar-refractivity contribution in [2.24, 2.45) is 0 Å². The van der Waals surface area contributed by atoms with E-state index >= 15 is 0 Å². The second-order valence-corrected chi connectivity index (χ2v) is 4.52. The summed E-state index contributed by atoms with van der Waals surface area (Å²) in [5.41, 5.74) is 1.13. The molecule has 1 atom stereocenters. The SMILES string of the molecule is COC(=O)c1ccc([C@H]2C=C(C(=O)O)Nc3nnnn32)cc1. The third-order valence-corrected chi connectivity index (χ3v) is 3.23. The number of allylic oxidation sites excluding steroid dienone is 1. The number of anilines is 1. The molecular formula is C13H11N5O4. The highest BCUT2D eigenvalue weighted by Crippen LogP contribution is 2.27. The largest absolute Gasteiger partial charge is 0.477 e. The molecule has 0 radical (unpaired) electrons. The van der Waals surface area contributed by atoms with Crippen LogP contribution in [-0.2, 0) is 9.53 Å². The lowest BCUT2D eigenvalue weighted by Gasteiger charge is -2.21. The Morgan fingerprint density at radius 1 is 1.32 bits per heavy atom. The summed E-state index contributed by atoms with van der Waals surface area (Å²) in [6.45, 7) is 0. The first-order valence-corrected chi connectivity index (χ1v) is 6.28. The van der Waals surface area contributed by atoms with Crippen molar-refractivity contribution < 1.29 is 19.4 Å². The number of benzene rings is 1. The van der Waals surface area contributed by atoms with E-state index in [1.54, 1.807) is 24.3 Å². The van der Waals surface area contributed by atoms with E-state index < -0.39 is 18.0 Å². The Labute approximate surface area is 124 Å². The van der Waals surface area contributed by atoms with Crippen molar-refractivity contribution in [1.29, 1.82) is 0 Å². The number of carbonyl (C=O) groups excluding carboxylic acids is 1. The fourth-order valence-corrected chi connectivity index (χ4v) is 2.15. The quantitative estimate of drug-likeness (QED) is 0.784. The monoisotopic (exact) mass is 301 g/mol. The number of carboxylic acid groups (broad SMARTS) is 1. The summed E-state index contributed by atoms with van der Waals surface area (Å²) in [4.78, 5) is 22.6. The summed E-state index contributed by atoms with van der Waals surface area (Å²) in [5.74, 6) is -1.31. The Hall–Kier alpha value is -3.23. The van der Waals surface area contributed by atoms with Gasteiger partial charge in [-0.2, -0.15) is 4.68 Å². The van der Waals surface area contributed by atoms with Crippen LogP contribution in [0.1, 0.15) is 22.0 Å². The molecule has 1 aliphatic heterocycles. The number of fused-ring (bicyclic) bond motifs is 1. The maximum absolute atomic E-state index is 11.4. The molecule has 9 nitrogen and oxygen atoms in total. The van der Waals surface area contributed by atoms with E-state index in [1.807, 2.05) is 0 Å². The molecule has 0 unspecified atom stereocenters. The highest BCUT2D eigenvalue weighted by Gasteiger charge is 2.26. The van der Waals surface area contributed by atoms with Crippen molar-refractivity contribution in [1.82, 2.24) is 20.2 Å². The van der Waals surface area contributed by atoms with Crippen molar-refractivity contribution >= 4 is 17.9 Å². The van der Waals surface area contributed by atoms with Crippen LogP contribution in [0.4, 0.5) is 5.95 Å². The van der Waals surface area contributed by atoms with Crippen LogP contribution >= 0.6 is 0 Å². The smallest absolute Gasteiger partial charge is 0.352 e. The molecule has 0 amide bonds. The van der Waals surface area contributed by atoms with Crippen molar-refractivity contribution in [2.45, 2.75) is 6.04 Å². The number of ether oxygens (including phenoxy) is 1. The third-order valence-electron chi connectivity index (χ3n) is 3.23. The van der Waals surface area contributed by atoms with Gasteiger partial charge in [0.2, 0.25) is 5.95 Å². The molecule has 0 bridgehead atoms. The van der Waals surface area contributed by atoms with E-state index in [2.05, 4.69) is 25.6 Å². The van der Waals surface area contributed by atoms with Crippen LogP contribution in [0.15, 0.2) is 36.0 Å². The number of carboxylic acids is 1. The molecular weight excluding hydrogens is 290 g/mol. The molecule has 0 spiro atoms. The molecule has 3 rings (SSSR count). The van der Waals surface area contributed by atoms with Gasteiger partial charge in [0.1, 0.15) is 11.7 Å². The number of nitrogens with one attached hydrogen (secondary N) is 1. The average molecular weight is 301 g/mol. The number of aliphatic carboxylic acids is 1. The zero-order valence-electron chi connectivity index (χ0n) is 11.4. The molecule has 0 aliphatic carbocycles. The van der Waals surface area contributed by atoms with Gasteiger partial charge >= 0.3 is 11.9 Å². The van der Waals surface area contributed by atoms with Crippen LogP contribution in [0.5, 0.6) is 0 Å². The summed E-state index contributed by atoms with van der Waals surface area (Å²) < 4.78 is 6.10. The number of carbonyl (C=O) groups is 2. The van der Waals surface area contributed by atoms with Crippen LogP contribution in [0.3, 0.4) is 0 Å². The van der Waals surface area contributed by atoms with E-state index in [0.717, 1.165) is 5.56 Å². The van der Waals surface area contributed by atoms with Gasteiger partial charge in [-0.25, -0.2) is 9.59 Å². The van der Waals surface area contributed by atoms with Gasteiger partial charge in [-0.3, -0.25) is 0 Å². The lowest BCUT2D eigenvalue weighted by atomic mass is 10.0. The van der Waals surface area contributed by atoms with Gasteiger partial charge in [-0.1, -0.05) is 17.2 Å². The van der Waals surface area contributed by atoms with E-state index in [9.17, 15) is 9.59 Å². The normalized spacial score (nSPS) is 16.2. The van der Waals surface area contributed by atoms with Gasteiger partial charge in [0.15, 0.2) is 0 Å². The fraction of sp³-hybridized carbons (Fsp3) is 0.154. The molecule has 1 aromatic heterocycles. The molecule has 2 heterocycles. The first-order valence-electron chi connectivity index (χ1n) is 6.28. The number of tetrazole rings is 1. The zero-order chi connectivity index (χ0) is 15.7. The van der Waals surface area contributed by atoms with Crippen LogP contribution < -0.4 is 5.32 Å². The van der Waals surface area contributed by atoms with Crippen molar-refractivity contribution in [3.8, 4) is 0 Å². The topological polar surface area (TPSA) is 119 Å². The van der Waals surface area contributed by atoms with E-state index in [0.29, 0.717) is 5.56 Å². The summed E-state index contributed by atoms with van der Waals surface area (Å²) in [6.07, 6.45) is 1.50. The average Bonchev–Trinajstić information content (AvgIpc) is 3.01. The highest BCUT2D eigenvalue weighted by atomic mass is 16.5. The zero-order valence-corrected chi connectivity index (χ0v) is 11.4. The lowest BCUT2D eigenvalue weighted by molar-refractivity contribution is -0.132. The van der Waals surface area contributed by atoms with Crippen LogP contribution in [0, 0.1) is 0 Å². The number of hydrogen-bond donors (Lipinski definition) is 2. The number of nitrogens with zero attached hydrogens (tertiary/aromatic N) is 4. The lowest BCUT2D eigenvalue weighted by Crippen LogP contribution is -2.24. The third kappa shape index (κ3) is 2.28. The van der Waals surface area contributed by atoms with E-state index in [-0.39, 0.29) is 11.6 Å². The Morgan fingerprint density at radius 2 is 2.05 bits per heavy atom. The number of aromatic nitrogens is 4. The van der Waals surface area contributed by atoms with Gasteiger partial charge in [-0.05, 0) is 34.2 Å². The molecule has 0 fully saturated rings. The Morgan fingerprint density at radius 3 is 2.68 bits per heavy atom. The minimum atomic E-state index is -1.11. The molecule has 2 aromatic rings. The Balaban J connectivity index is 2.00. The van der Waals surface area contributed by atoms with Gasteiger partial charge in [0.05, 0.1) is 12.7 Å². The predicted octanol–water partition coefficient (Wildman–Crippen LogP) is 0.443. The second-order valence-electron chi connectivity index (χ2n) is 4.52. The highest BCUT2D eigenvalue weighted by molar-refractivity contribution is 5.90.